The van der Waals surface area contributed by atoms with E-state index < -0.39 is 9.84 Å². The van der Waals surface area contributed by atoms with Gasteiger partial charge in [-0.25, -0.2) is 8.42 Å². The average Bonchev–Trinajstić information content (AvgIpc) is 2.71. The first-order chi connectivity index (χ1) is 8.82. The topological polar surface area (TPSA) is 74.7 Å². The van der Waals surface area contributed by atoms with E-state index in [0.717, 1.165) is 0 Å². The molecule has 1 aliphatic heterocycles. The lowest BCUT2D eigenvalue weighted by molar-refractivity contribution is 0.0744. The molecule has 1 heterocycles. The van der Waals surface area contributed by atoms with Crippen LogP contribution < -0.4 is 0 Å². The van der Waals surface area contributed by atoms with Crippen molar-refractivity contribution >= 4 is 15.7 Å². The molecule has 1 amide bonds. The van der Waals surface area contributed by atoms with Crippen molar-refractivity contribution in [1.82, 2.24) is 4.90 Å². The summed E-state index contributed by atoms with van der Waals surface area (Å²) in [5.41, 5.74) is 0.838. The van der Waals surface area contributed by atoms with Crippen LogP contribution in [-0.2, 0) is 9.84 Å². The van der Waals surface area contributed by atoms with Crippen LogP contribution in [-0.4, -0.2) is 48.9 Å². The molecule has 6 heteroatoms. The zero-order valence-electron chi connectivity index (χ0n) is 11.0. The SMILES string of the molecule is Cc1cccc(C(=O)N(C)C2CCS(=O)(=O)C2)c1O. The highest BCUT2D eigenvalue weighted by Gasteiger charge is 2.33. The molecule has 0 spiro atoms. The van der Waals surface area contributed by atoms with E-state index in [2.05, 4.69) is 0 Å². The van der Waals surface area contributed by atoms with Gasteiger partial charge in [-0.15, -0.1) is 0 Å². The summed E-state index contributed by atoms with van der Waals surface area (Å²) in [7, 11) is -1.45. The van der Waals surface area contributed by atoms with E-state index in [0.29, 0.717) is 12.0 Å². The molecule has 1 aromatic rings. The molecule has 1 atom stereocenters. The summed E-state index contributed by atoms with van der Waals surface area (Å²) < 4.78 is 22.9. The highest BCUT2D eigenvalue weighted by Crippen LogP contribution is 2.25. The van der Waals surface area contributed by atoms with E-state index in [4.69, 9.17) is 0 Å². The highest BCUT2D eigenvalue weighted by atomic mass is 32.2. The lowest BCUT2D eigenvalue weighted by Crippen LogP contribution is -2.37. The Bertz CT molecular complexity index is 609. The van der Waals surface area contributed by atoms with E-state index in [9.17, 15) is 18.3 Å². The second kappa shape index (κ2) is 4.85. The molecule has 2 rings (SSSR count). The summed E-state index contributed by atoms with van der Waals surface area (Å²) in [5, 5.41) is 9.90. The molecule has 1 saturated heterocycles. The predicted molar refractivity (Wildman–Crippen MR) is 72.0 cm³/mol. The maximum absolute atomic E-state index is 12.3. The fraction of sp³-hybridized carbons (Fsp3) is 0.462. The number of aryl methyl sites for hydroxylation is 1. The van der Waals surface area contributed by atoms with E-state index >= 15 is 0 Å². The zero-order chi connectivity index (χ0) is 14.2. The minimum absolute atomic E-state index is 0.00180. The number of para-hydroxylation sites is 1. The monoisotopic (exact) mass is 283 g/mol. The molecule has 0 radical (unpaired) electrons. The smallest absolute Gasteiger partial charge is 0.257 e. The third-order valence-electron chi connectivity index (χ3n) is 3.54. The largest absolute Gasteiger partial charge is 0.507 e. The number of hydrogen-bond donors (Lipinski definition) is 1. The van der Waals surface area contributed by atoms with Gasteiger partial charge in [-0.05, 0) is 25.0 Å². The third-order valence-corrected chi connectivity index (χ3v) is 5.29. The summed E-state index contributed by atoms with van der Waals surface area (Å²) in [6.07, 6.45) is 0.456. The quantitative estimate of drug-likeness (QED) is 0.877. The number of carbonyl (C=O) groups excluding carboxylic acids is 1. The van der Waals surface area contributed by atoms with Crippen LogP contribution >= 0.6 is 0 Å². The summed E-state index contributed by atoms with van der Waals surface area (Å²) >= 11 is 0. The number of phenols is 1. The second-order valence-corrected chi connectivity index (χ2v) is 7.17. The van der Waals surface area contributed by atoms with Crippen molar-refractivity contribution in [2.45, 2.75) is 19.4 Å². The molecule has 0 aliphatic carbocycles. The molecule has 19 heavy (non-hydrogen) atoms. The van der Waals surface area contributed by atoms with E-state index in [-0.39, 0.29) is 34.8 Å². The van der Waals surface area contributed by atoms with Crippen LogP contribution in [0.1, 0.15) is 22.3 Å². The Morgan fingerprint density at radius 1 is 1.42 bits per heavy atom. The number of amides is 1. The van der Waals surface area contributed by atoms with Crippen molar-refractivity contribution in [1.29, 1.82) is 0 Å². The Kier molecular flexibility index (Phi) is 3.54. The van der Waals surface area contributed by atoms with Crippen molar-refractivity contribution < 1.29 is 18.3 Å². The van der Waals surface area contributed by atoms with Crippen LogP contribution in [0.2, 0.25) is 0 Å². The number of nitrogens with zero attached hydrogens (tertiary/aromatic N) is 1. The fourth-order valence-corrected chi connectivity index (χ4v) is 4.04. The Morgan fingerprint density at radius 3 is 2.68 bits per heavy atom. The summed E-state index contributed by atoms with van der Waals surface area (Å²) in [5.74, 6) is -0.264. The predicted octanol–water partition coefficient (Wildman–Crippen LogP) is 0.960. The molecule has 0 bridgehead atoms. The van der Waals surface area contributed by atoms with Crippen LogP contribution in [0.25, 0.3) is 0 Å². The van der Waals surface area contributed by atoms with Gasteiger partial charge in [0.05, 0.1) is 17.1 Å². The van der Waals surface area contributed by atoms with Crippen LogP contribution in [0.3, 0.4) is 0 Å². The van der Waals surface area contributed by atoms with Gasteiger partial charge in [0, 0.05) is 13.1 Å². The third kappa shape index (κ3) is 2.73. The molecule has 1 aliphatic rings. The number of sulfone groups is 1. The van der Waals surface area contributed by atoms with Gasteiger partial charge in [-0.2, -0.15) is 0 Å². The summed E-state index contributed by atoms with van der Waals surface area (Å²) in [4.78, 5) is 13.7. The number of hydrogen-bond acceptors (Lipinski definition) is 4. The zero-order valence-corrected chi connectivity index (χ0v) is 11.8. The first-order valence-electron chi connectivity index (χ1n) is 6.08. The van der Waals surface area contributed by atoms with Crippen molar-refractivity contribution in [2.75, 3.05) is 18.6 Å². The number of phenolic OH excluding ortho intramolecular Hbond substituents is 1. The highest BCUT2D eigenvalue weighted by molar-refractivity contribution is 7.91. The number of rotatable bonds is 2. The van der Waals surface area contributed by atoms with Crippen LogP contribution in [0.4, 0.5) is 0 Å². The molecular formula is C13H17NO4S. The van der Waals surface area contributed by atoms with Crippen molar-refractivity contribution in [3.8, 4) is 5.75 Å². The molecule has 0 aromatic heterocycles. The van der Waals surface area contributed by atoms with Crippen molar-refractivity contribution in [3.05, 3.63) is 29.3 Å². The second-order valence-electron chi connectivity index (χ2n) is 4.94. The standard InChI is InChI=1S/C13H17NO4S/c1-9-4-3-5-11(12(9)15)13(16)14(2)10-6-7-19(17,18)8-10/h3-5,10,15H,6-8H2,1-2H3. The Hall–Kier alpha value is -1.56. The normalized spacial score (nSPS) is 21.3. The minimum Gasteiger partial charge on any atom is -0.507 e. The molecule has 1 fully saturated rings. The lowest BCUT2D eigenvalue weighted by atomic mass is 10.1. The van der Waals surface area contributed by atoms with Crippen LogP contribution in [0.15, 0.2) is 18.2 Å². The Morgan fingerprint density at radius 2 is 2.11 bits per heavy atom. The van der Waals surface area contributed by atoms with E-state index in [1.54, 1.807) is 32.2 Å². The van der Waals surface area contributed by atoms with Gasteiger partial charge in [-0.1, -0.05) is 12.1 Å². The maximum Gasteiger partial charge on any atom is 0.257 e. The molecule has 1 N–H and O–H groups in total. The Labute approximate surface area is 112 Å². The van der Waals surface area contributed by atoms with Crippen LogP contribution in [0.5, 0.6) is 5.75 Å². The average molecular weight is 283 g/mol. The van der Waals surface area contributed by atoms with E-state index in [1.165, 1.54) is 4.90 Å². The van der Waals surface area contributed by atoms with E-state index in [1.807, 2.05) is 0 Å². The fourth-order valence-electron chi connectivity index (χ4n) is 2.27. The van der Waals surface area contributed by atoms with Gasteiger partial charge >= 0.3 is 0 Å². The summed E-state index contributed by atoms with van der Waals surface area (Å²) in [6.45, 7) is 1.71. The number of benzene rings is 1. The van der Waals surface area contributed by atoms with Gasteiger partial charge < -0.3 is 10.0 Å². The van der Waals surface area contributed by atoms with Gasteiger partial charge in [-0.3, -0.25) is 4.79 Å². The van der Waals surface area contributed by atoms with Crippen molar-refractivity contribution in [2.24, 2.45) is 0 Å². The molecule has 1 unspecified atom stereocenters. The van der Waals surface area contributed by atoms with Crippen LogP contribution in [0, 0.1) is 6.92 Å². The van der Waals surface area contributed by atoms with Gasteiger partial charge in [0.1, 0.15) is 5.75 Å². The van der Waals surface area contributed by atoms with Crippen molar-refractivity contribution in [3.63, 3.8) is 0 Å². The van der Waals surface area contributed by atoms with Gasteiger partial charge in [0.15, 0.2) is 9.84 Å². The summed E-state index contributed by atoms with van der Waals surface area (Å²) in [6, 6.07) is 4.65. The first kappa shape index (κ1) is 13.9. The molecule has 1 aromatic carbocycles. The number of carbonyl (C=O) groups is 1. The Balaban J connectivity index is 2.23. The minimum atomic E-state index is -3.03. The molecule has 5 nitrogen and oxygen atoms in total. The first-order valence-corrected chi connectivity index (χ1v) is 7.90. The number of aromatic hydroxyl groups is 1. The molecule has 104 valence electrons. The molecule has 0 saturated carbocycles. The van der Waals surface area contributed by atoms with Gasteiger partial charge in [0.25, 0.3) is 5.91 Å². The lowest BCUT2D eigenvalue weighted by Gasteiger charge is -2.24. The van der Waals surface area contributed by atoms with Gasteiger partial charge in [0.2, 0.25) is 0 Å². The maximum atomic E-state index is 12.3. The molecular weight excluding hydrogens is 266 g/mol.